The van der Waals surface area contributed by atoms with Crippen molar-refractivity contribution in [1.29, 1.82) is 0 Å². The minimum absolute atomic E-state index is 0.0473. The fraction of sp³-hybridized carbons (Fsp3) is 0.316. The van der Waals surface area contributed by atoms with Gasteiger partial charge in [-0.2, -0.15) is 0 Å². The topological polar surface area (TPSA) is 75.7 Å². The van der Waals surface area contributed by atoms with Crippen molar-refractivity contribution in [2.45, 2.75) is 24.7 Å². The number of hydrogen-bond acceptors (Lipinski definition) is 4. The van der Waals surface area contributed by atoms with Crippen LogP contribution >= 0.6 is 0 Å². The first-order chi connectivity index (χ1) is 12.4. The van der Waals surface area contributed by atoms with E-state index in [1.807, 2.05) is 13.0 Å². The first-order valence-electron chi connectivity index (χ1n) is 8.47. The lowest BCUT2D eigenvalue weighted by molar-refractivity contribution is 0.0792. The lowest BCUT2D eigenvalue weighted by atomic mass is 10.2. The number of aryl methyl sites for hydroxylation is 1. The molecule has 0 aromatic heterocycles. The van der Waals surface area contributed by atoms with Gasteiger partial charge < -0.3 is 9.64 Å². The SMILES string of the molecule is COc1ccc(C)cc1NS(=O)(=O)c1cccc(C(=O)N2CCCC2)c1. The number of carbonyl (C=O) groups excluding carboxylic acids is 1. The molecule has 1 aliphatic heterocycles. The minimum atomic E-state index is -3.84. The van der Waals surface area contributed by atoms with Crippen LogP contribution in [0, 0.1) is 6.92 Å². The van der Waals surface area contributed by atoms with E-state index in [1.165, 1.54) is 19.2 Å². The van der Waals surface area contributed by atoms with Gasteiger partial charge in [0.05, 0.1) is 17.7 Å². The molecule has 1 aliphatic rings. The number of nitrogens with zero attached hydrogens (tertiary/aromatic N) is 1. The lowest BCUT2D eigenvalue weighted by Crippen LogP contribution is -2.27. The fourth-order valence-electron chi connectivity index (χ4n) is 3.00. The second-order valence-corrected chi connectivity index (χ2v) is 8.02. The lowest BCUT2D eigenvalue weighted by Gasteiger charge is -2.16. The summed E-state index contributed by atoms with van der Waals surface area (Å²) in [5, 5.41) is 0. The van der Waals surface area contributed by atoms with Gasteiger partial charge in [0.25, 0.3) is 15.9 Å². The summed E-state index contributed by atoms with van der Waals surface area (Å²) in [6.45, 7) is 3.30. The van der Waals surface area contributed by atoms with Gasteiger partial charge in [-0.3, -0.25) is 9.52 Å². The average Bonchev–Trinajstić information content (AvgIpc) is 3.16. The van der Waals surface area contributed by atoms with Gasteiger partial charge >= 0.3 is 0 Å². The molecule has 1 N–H and O–H groups in total. The third kappa shape index (κ3) is 3.83. The number of likely N-dealkylation sites (tertiary alicyclic amines) is 1. The van der Waals surface area contributed by atoms with Crippen LogP contribution in [0.15, 0.2) is 47.4 Å². The van der Waals surface area contributed by atoms with Gasteiger partial charge in [-0.05, 0) is 55.7 Å². The molecular weight excluding hydrogens is 352 g/mol. The number of carbonyl (C=O) groups is 1. The van der Waals surface area contributed by atoms with Crippen LogP contribution in [0.3, 0.4) is 0 Å². The fourth-order valence-corrected chi connectivity index (χ4v) is 4.11. The molecule has 2 aromatic rings. The van der Waals surface area contributed by atoms with Crippen molar-refractivity contribution < 1.29 is 17.9 Å². The first-order valence-corrected chi connectivity index (χ1v) is 9.96. The maximum absolute atomic E-state index is 12.8. The van der Waals surface area contributed by atoms with E-state index in [4.69, 9.17) is 4.74 Å². The number of ether oxygens (including phenoxy) is 1. The van der Waals surface area contributed by atoms with Gasteiger partial charge in [-0.1, -0.05) is 12.1 Å². The number of rotatable bonds is 5. The van der Waals surface area contributed by atoms with E-state index in [9.17, 15) is 13.2 Å². The number of amides is 1. The Balaban J connectivity index is 1.89. The third-order valence-corrected chi connectivity index (χ3v) is 5.75. The summed E-state index contributed by atoms with van der Waals surface area (Å²) >= 11 is 0. The zero-order valence-electron chi connectivity index (χ0n) is 14.9. The highest BCUT2D eigenvalue weighted by Crippen LogP contribution is 2.28. The molecule has 26 heavy (non-hydrogen) atoms. The van der Waals surface area contributed by atoms with Crippen LogP contribution in [0.25, 0.3) is 0 Å². The average molecular weight is 374 g/mol. The predicted octanol–water partition coefficient (Wildman–Crippen LogP) is 3.04. The van der Waals surface area contributed by atoms with Crippen molar-refractivity contribution in [3.05, 3.63) is 53.6 Å². The summed E-state index contributed by atoms with van der Waals surface area (Å²) in [6, 6.07) is 11.4. The Morgan fingerprint density at radius 3 is 2.54 bits per heavy atom. The van der Waals surface area contributed by atoms with Gasteiger partial charge in [0.2, 0.25) is 0 Å². The van der Waals surface area contributed by atoms with Crippen molar-refractivity contribution in [2.75, 3.05) is 24.9 Å². The number of methoxy groups -OCH3 is 1. The highest BCUT2D eigenvalue weighted by Gasteiger charge is 2.22. The van der Waals surface area contributed by atoms with Crippen molar-refractivity contribution in [1.82, 2.24) is 4.90 Å². The highest BCUT2D eigenvalue weighted by atomic mass is 32.2. The zero-order valence-corrected chi connectivity index (χ0v) is 15.7. The molecule has 6 nitrogen and oxygen atoms in total. The maximum Gasteiger partial charge on any atom is 0.262 e. The van der Waals surface area contributed by atoms with E-state index in [0.717, 1.165) is 18.4 Å². The summed E-state index contributed by atoms with van der Waals surface area (Å²) in [4.78, 5) is 14.3. The molecule has 1 amide bonds. The highest BCUT2D eigenvalue weighted by molar-refractivity contribution is 7.92. The van der Waals surface area contributed by atoms with Crippen LogP contribution < -0.4 is 9.46 Å². The van der Waals surface area contributed by atoms with Crippen molar-refractivity contribution in [2.24, 2.45) is 0 Å². The van der Waals surface area contributed by atoms with E-state index in [2.05, 4.69) is 4.72 Å². The summed E-state index contributed by atoms with van der Waals surface area (Å²) in [7, 11) is -2.36. The van der Waals surface area contributed by atoms with E-state index in [0.29, 0.717) is 30.1 Å². The maximum atomic E-state index is 12.8. The number of nitrogens with one attached hydrogen (secondary N) is 1. The molecule has 7 heteroatoms. The predicted molar refractivity (Wildman–Crippen MR) is 100 cm³/mol. The summed E-state index contributed by atoms with van der Waals surface area (Å²) in [5.74, 6) is 0.302. The Hall–Kier alpha value is -2.54. The third-order valence-electron chi connectivity index (χ3n) is 4.38. The van der Waals surface area contributed by atoms with Crippen molar-refractivity contribution in [3.63, 3.8) is 0 Å². The molecule has 0 aliphatic carbocycles. The van der Waals surface area contributed by atoms with Gasteiger partial charge in [0.15, 0.2) is 0 Å². The van der Waals surface area contributed by atoms with Crippen LogP contribution in [0.4, 0.5) is 5.69 Å². The summed E-state index contributed by atoms with van der Waals surface area (Å²) < 4.78 is 33.3. The Kier molecular flexibility index (Phi) is 5.18. The molecule has 0 radical (unpaired) electrons. The minimum Gasteiger partial charge on any atom is -0.495 e. The number of benzene rings is 2. The zero-order chi connectivity index (χ0) is 18.7. The van der Waals surface area contributed by atoms with Crippen LogP contribution in [0.1, 0.15) is 28.8 Å². The molecule has 1 fully saturated rings. The van der Waals surface area contributed by atoms with Gasteiger partial charge in [-0.15, -0.1) is 0 Å². The molecule has 0 unspecified atom stereocenters. The Morgan fingerprint density at radius 1 is 1.12 bits per heavy atom. The molecule has 0 atom stereocenters. The first kappa shape index (κ1) is 18.3. The monoisotopic (exact) mass is 374 g/mol. The van der Waals surface area contributed by atoms with E-state index < -0.39 is 10.0 Å². The molecule has 1 saturated heterocycles. The van der Waals surface area contributed by atoms with Crippen LogP contribution in [-0.2, 0) is 10.0 Å². The van der Waals surface area contributed by atoms with Crippen LogP contribution in [-0.4, -0.2) is 39.4 Å². The van der Waals surface area contributed by atoms with Gasteiger partial charge in [-0.25, -0.2) is 8.42 Å². The molecule has 0 saturated carbocycles. The normalized spacial score (nSPS) is 14.3. The smallest absolute Gasteiger partial charge is 0.262 e. The molecule has 1 heterocycles. The summed E-state index contributed by atoms with van der Waals surface area (Å²) in [5.41, 5.74) is 1.65. The molecule has 138 valence electrons. The van der Waals surface area contributed by atoms with E-state index >= 15 is 0 Å². The Labute approximate surface area is 153 Å². The van der Waals surface area contributed by atoms with Crippen LogP contribution in [0.5, 0.6) is 5.75 Å². The molecule has 3 rings (SSSR count). The van der Waals surface area contributed by atoms with Crippen molar-refractivity contribution in [3.8, 4) is 5.75 Å². The van der Waals surface area contributed by atoms with E-state index in [1.54, 1.807) is 29.2 Å². The quantitative estimate of drug-likeness (QED) is 0.873. The standard InChI is InChI=1S/C19H22N2O4S/c1-14-8-9-18(25-2)17(12-14)20-26(23,24)16-7-5-6-15(13-16)19(22)21-10-3-4-11-21/h5-9,12-13,20H,3-4,10-11H2,1-2H3. The number of anilines is 1. The number of hydrogen-bond donors (Lipinski definition) is 1. The van der Waals surface area contributed by atoms with Gasteiger partial charge in [0, 0.05) is 18.7 Å². The number of sulfonamides is 1. The van der Waals surface area contributed by atoms with E-state index in [-0.39, 0.29) is 10.8 Å². The second kappa shape index (κ2) is 7.37. The van der Waals surface area contributed by atoms with Crippen LogP contribution in [0.2, 0.25) is 0 Å². The Morgan fingerprint density at radius 2 is 1.85 bits per heavy atom. The molecular formula is C19H22N2O4S. The summed E-state index contributed by atoms with van der Waals surface area (Å²) in [6.07, 6.45) is 1.97. The molecule has 0 spiro atoms. The molecule has 0 bridgehead atoms. The second-order valence-electron chi connectivity index (χ2n) is 6.34. The van der Waals surface area contributed by atoms with Crippen molar-refractivity contribution >= 4 is 21.6 Å². The van der Waals surface area contributed by atoms with Gasteiger partial charge in [0.1, 0.15) is 5.75 Å². The molecule has 2 aromatic carbocycles. The Bertz CT molecular complexity index is 919. The largest absolute Gasteiger partial charge is 0.495 e.